The second-order valence-electron chi connectivity index (χ2n) is 5.96. The Morgan fingerprint density at radius 1 is 1.16 bits per heavy atom. The molecule has 0 aromatic carbocycles. The Bertz CT molecular complexity index is 358. The zero-order valence-corrected chi connectivity index (χ0v) is 18.0. The highest BCUT2D eigenvalue weighted by molar-refractivity contribution is 7.80. The van der Waals surface area contributed by atoms with Gasteiger partial charge in [-0.15, -0.1) is 13.2 Å². The van der Waals surface area contributed by atoms with Crippen molar-refractivity contribution in [2.75, 3.05) is 19.6 Å². The molecule has 0 aromatic heterocycles. The third-order valence-corrected chi connectivity index (χ3v) is 4.68. The molecule has 0 spiro atoms. The highest BCUT2D eigenvalue weighted by Gasteiger charge is 2.21. The molecule has 0 unspecified atom stereocenters. The van der Waals surface area contributed by atoms with Crippen molar-refractivity contribution in [3.63, 3.8) is 0 Å². The van der Waals surface area contributed by atoms with E-state index in [1.807, 2.05) is 20.0 Å². The normalized spacial score (nSPS) is 14.6. The van der Waals surface area contributed by atoms with Gasteiger partial charge in [0.1, 0.15) is 0 Å². The molecular weight excluding hydrogens is 326 g/mol. The van der Waals surface area contributed by atoms with Crippen LogP contribution in [0.5, 0.6) is 0 Å². The molecule has 0 saturated carbocycles. The van der Waals surface area contributed by atoms with E-state index in [0.29, 0.717) is 5.92 Å². The van der Waals surface area contributed by atoms with Gasteiger partial charge < -0.3 is 10.2 Å². The number of likely N-dealkylation sites (tertiary alicyclic amines) is 1. The molecule has 1 heterocycles. The average molecular weight is 368 g/mol. The number of nitrogens with zero attached hydrogens (tertiary/aromatic N) is 2. The van der Waals surface area contributed by atoms with Crippen LogP contribution in [-0.4, -0.2) is 36.4 Å². The highest BCUT2D eigenvalue weighted by atomic mass is 32.1. The van der Waals surface area contributed by atoms with Crippen LogP contribution in [0.25, 0.3) is 0 Å². The molecule has 0 aromatic rings. The number of nitrogens with one attached hydrogen (secondary N) is 1. The quantitative estimate of drug-likeness (QED) is 0.248. The van der Waals surface area contributed by atoms with E-state index >= 15 is 0 Å². The molecule has 0 amide bonds. The van der Waals surface area contributed by atoms with E-state index in [-0.39, 0.29) is 0 Å². The van der Waals surface area contributed by atoms with Crippen LogP contribution in [0, 0.1) is 5.92 Å². The highest BCUT2D eigenvalue weighted by Crippen LogP contribution is 2.24. The summed E-state index contributed by atoms with van der Waals surface area (Å²) in [4.78, 5) is 6.18. The van der Waals surface area contributed by atoms with Crippen molar-refractivity contribution in [1.82, 2.24) is 10.2 Å². The number of allylic oxidation sites excluding steroid dienone is 1. The molecule has 1 aliphatic rings. The third kappa shape index (κ3) is 12.8. The fourth-order valence-corrected chi connectivity index (χ4v) is 3.11. The number of aliphatic imine (C=N–C) groups is 1. The van der Waals surface area contributed by atoms with Crippen LogP contribution in [0.2, 0.25) is 0 Å². The molecule has 4 heteroatoms. The van der Waals surface area contributed by atoms with Crippen LogP contribution in [0.15, 0.2) is 29.9 Å². The van der Waals surface area contributed by atoms with E-state index in [1.54, 1.807) is 0 Å². The summed E-state index contributed by atoms with van der Waals surface area (Å²) in [5.74, 6) is 0.642. The minimum Gasteiger partial charge on any atom is -0.363 e. The Kier molecular flexibility index (Phi) is 20.0. The van der Waals surface area contributed by atoms with Gasteiger partial charge in [0.25, 0.3) is 0 Å². The maximum absolute atomic E-state index is 5.50. The SMILES string of the molecule is C=C.C=N/C=C(\C)C1CCN(C(=S)NCCCCCCC)CC1.CC. The first-order valence-electron chi connectivity index (χ1n) is 9.84. The van der Waals surface area contributed by atoms with Gasteiger partial charge in [-0.1, -0.05) is 52.0 Å². The number of piperidine rings is 1. The van der Waals surface area contributed by atoms with E-state index in [1.165, 1.54) is 37.7 Å². The largest absolute Gasteiger partial charge is 0.363 e. The first-order chi connectivity index (χ1) is 12.2. The van der Waals surface area contributed by atoms with Crippen molar-refractivity contribution in [2.24, 2.45) is 10.9 Å². The van der Waals surface area contributed by atoms with E-state index in [9.17, 15) is 0 Å². The fourth-order valence-electron chi connectivity index (χ4n) is 2.82. The molecule has 0 bridgehead atoms. The van der Waals surface area contributed by atoms with Gasteiger partial charge in [-0.3, -0.25) is 4.99 Å². The predicted molar refractivity (Wildman–Crippen MR) is 120 cm³/mol. The standard InChI is InChI=1S/C17H31N3S.C2H6.C2H4/c1-4-5-6-7-8-11-19-17(21)20-12-9-16(10-13-20)15(2)14-18-3;2*1-2/h14,16H,3-13H2,1-2H3,(H,19,21);1-2H3;1-2H2/b15-14+;;. The van der Waals surface area contributed by atoms with Crippen molar-refractivity contribution in [3.8, 4) is 0 Å². The molecule has 0 radical (unpaired) electrons. The van der Waals surface area contributed by atoms with E-state index in [2.05, 4.69) is 48.9 Å². The molecule has 0 atom stereocenters. The van der Waals surface area contributed by atoms with Crippen LogP contribution in [0.3, 0.4) is 0 Å². The van der Waals surface area contributed by atoms with E-state index < -0.39 is 0 Å². The second-order valence-corrected chi connectivity index (χ2v) is 6.35. The number of unbranched alkanes of at least 4 members (excludes halogenated alkanes) is 4. The lowest BCUT2D eigenvalue weighted by Crippen LogP contribution is -2.44. The smallest absolute Gasteiger partial charge is 0.168 e. The molecule has 1 fully saturated rings. The molecule has 1 aliphatic heterocycles. The summed E-state index contributed by atoms with van der Waals surface area (Å²) in [6, 6.07) is 0. The monoisotopic (exact) mass is 367 g/mol. The van der Waals surface area contributed by atoms with Crippen molar-refractivity contribution in [3.05, 3.63) is 24.9 Å². The van der Waals surface area contributed by atoms with E-state index in [0.717, 1.165) is 37.6 Å². The Labute approximate surface area is 162 Å². The molecule has 3 nitrogen and oxygen atoms in total. The van der Waals surface area contributed by atoms with Gasteiger partial charge in [-0.05, 0) is 51.0 Å². The van der Waals surface area contributed by atoms with Gasteiger partial charge in [0.2, 0.25) is 0 Å². The van der Waals surface area contributed by atoms with E-state index in [4.69, 9.17) is 12.2 Å². The number of hydrogen-bond acceptors (Lipinski definition) is 2. The lowest BCUT2D eigenvalue weighted by atomic mass is 9.91. The molecule has 25 heavy (non-hydrogen) atoms. The van der Waals surface area contributed by atoms with Gasteiger partial charge in [0.15, 0.2) is 5.11 Å². The van der Waals surface area contributed by atoms with Crippen molar-refractivity contribution in [1.29, 1.82) is 0 Å². The summed E-state index contributed by atoms with van der Waals surface area (Å²) >= 11 is 5.50. The van der Waals surface area contributed by atoms with Crippen LogP contribution in [-0.2, 0) is 0 Å². The van der Waals surface area contributed by atoms with Gasteiger partial charge in [-0.25, -0.2) is 0 Å². The molecule has 0 aliphatic carbocycles. The fraction of sp³-hybridized carbons (Fsp3) is 0.714. The minimum absolute atomic E-state index is 0.642. The maximum atomic E-state index is 5.50. The topological polar surface area (TPSA) is 27.6 Å². The zero-order chi connectivity index (χ0) is 19.5. The molecule has 1 N–H and O–H groups in total. The average Bonchev–Trinajstić information content (AvgIpc) is 2.68. The Morgan fingerprint density at radius 2 is 1.72 bits per heavy atom. The number of hydrogen-bond donors (Lipinski definition) is 1. The van der Waals surface area contributed by atoms with Crippen LogP contribution in [0.1, 0.15) is 72.6 Å². The Morgan fingerprint density at radius 3 is 2.24 bits per heavy atom. The van der Waals surface area contributed by atoms with Crippen LogP contribution in [0.4, 0.5) is 0 Å². The maximum Gasteiger partial charge on any atom is 0.168 e. The number of rotatable bonds is 8. The minimum atomic E-state index is 0.642. The Balaban J connectivity index is 0. The summed E-state index contributed by atoms with van der Waals surface area (Å²) in [5, 5.41) is 4.35. The third-order valence-electron chi connectivity index (χ3n) is 4.28. The molecule has 1 rings (SSSR count). The second kappa shape index (κ2) is 19.2. The lowest BCUT2D eigenvalue weighted by molar-refractivity contribution is 0.287. The first kappa shape index (κ1) is 26.1. The molecular formula is C21H41N3S. The lowest BCUT2D eigenvalue weighted by Gasteiger charge is -2.34. The first-order valence-corrected chi connectivity index (χ1v) is 10.2. The van der Waals surface area contributed by atoms with Crippen LogP contribution >= 0.6 is 12.2 Å². The Hall–Kier alpha value is -1.16. The summed E-state index contributed by atoms with van der Waals surface area (Å²) in [6.07, 6.45) is 10.8. The van der Waals surface area contributed by atoms with Gasteiger partial charge in [0.05, 0.1) is 0 Å². The van der Waals surface area contributed by atoms with Crippen molar-refractivity contribution < 1.29 is 0 Å². The summed E-state index contributed by atoms with van der Waals surface area (Å²) in [7, 11) is 0. The van der Waals surface area contributed by atoms with Crippen molar-refractivity contribution >= 4 is 24.0 Å². The number of thiocarbonyl (C=S) groups is 1. The molecule has 1 saturated heterocycles. The van der Waals surface area contributed by atoms with Crippen LogP contribution < -0.4 is 5.32 Å². The van der Waals surface area contributed by atoms with Gasteiger partial charge in [0, 0.05) is 25.8 Å². The predicted octanol–water partition coefficient (Wildman–Crippen LogP) is 5.98. The molecule has 146 valence electrons. The van der Waals surface area contributed by atoms with Gasteiger partial charge >= 0.3 is 0 Å². The summed E-state index contributed by atoms with van der Waals surface area (Å²) in [6.45, 7) is 21.1. The van der Waals surface area contributed by atoms with Crippen molar-refractivity contribution in [2.45, 2.75) is 72.6 Å². The zero-order valence-electron chi connectivity index (χ0n) is 17.1. The van der Waals surface area contributed by atoms with Gasteiger partial charge in [-0.2, -0.15) is 0 Å². The summed E-state index contributed by atoms with van der Waals surface area (Å²) < 4.78 is 0. The summed E-state index contributed by atoms with van der Waals surface area (Å²) in [5.41, 5.74) is 1.35.